The molecule has 7 nitrogen and oxygen atoms in total. The van der Waals surface area contributed by atoms with Gasteiger partial charge in [0.2, 0.25) is 5.89 Å². The molecule has 4 aromatic carbocycles. The number of sulfonamides is 1. The lowest BCUT2D eigenvalue weighted by Crippen LogP contribution is -2.12. The Bertz CT molecular complexity index is 1780. The summed E-state index contributed by atoms with van der Waals surface area (Å²) in [6.07, 6.45) is 1.65. The van der Waals surface area contributed by atoms with Crippen LogP contribution in [0.1, 0.15) is 0 Å². The minimum Gasteiger partial charge on any atom is -0.436 e. The first-order valence-electron chi connectivity index (χ1n) is 11.2. The molecule has 176 valence electrons. The largest absolute Gasteiger partial charge is 0.436 e. The molecule has 36 heavy (non-hydrogen) atoms. The van der Waals surface area contributed by atoms with Gasteiger partial charge in [-0.05, 0) is 47.5 Å². The Morgan fingerprint density at radius 2 is 1.50 bits per heavy atom. The molecule has 0 aliphatic carbocycles. The molecule has 8 heteroatoms. The molecule has 0 amide bonds. The van der Waals surface area contributed by atoms with Gasteiger partial charge < -0.3 is 4.42 Å². The Balaban J connectivity index is 1.33. The number of benzene rings is 4. The molecule has 0 saturated carbocycles. The standard InChI is InChI=1S/C28H20N4O3S/c33-36(34,23-12-5-2-6-13-23)32-22-11-7-10-21(16-22)27-24(18-29-31-27)28-30-25-17-20(14-15-26(25)35-28)19-8-3-1-4-9-19/h1-18,32H,(H,29,31). The van der Waals surface area contributed by atoms with Gasteiger partial charge in [-0.15, -0.1) is 0 Å². The molecule has 2 aromatic heterocycles. The first-order valence-corrected chi connectivity index (χ1v) is 12.7. The number of nitrogens with zero attached hydrogens (tertiary/aromatic N) is 2. The normalized spacial score (nSPS) is 11.6. The highest BCUT2D eigenvalue weighted by molar-refractivity contribution is 7.92. The summed E-state index contributed by atoms with van der Waals surface area (Å²) < 4.78 is 34.2. The van der Waals surface area contributed by atoms with Crippen LogP contribution in [0.15, 0.2) is 119 Å². The minimum absolute atomic E-state index is 0.193. The average molecular weight is 493 g/mol. The van der Waals surface area contributed by atoms with E-state index in [1.54, 1.807) is 54.7 Å². The van der Waals surface area contributed by atoms with Crippen molar-refractivity contribution in [2.45, 2.75) is 4.90 Å². The number of fused-ring (bicyclic) bond motifs is 1. The number of aromatic amines is 1. The number of oxazole rings is 1. The van der Waals surface area contributed by atoms with Crippen LogP contribution < -0.4 is 4.72 Å². The second-order valence-corrected chi connectivity index (χ2v) is 9.91. The van der Waals surface area contributed by atoms with Crippen LogP contribution >= 0.6 is 0 Å². The molecule has 6 aromatic rings. The van der Waals surface area contributed by atoms with Crippen molar-refractivity contribution in [3.05, 3.63) is 109 Å². The van der Waals surface area contributed by atoms with Gasteiger partial charge in [0.15, 0.2) is 5.58 Å². The number of nitrogens with one attached hydrogen (secondary N) is 2. The molecule has 0 unspecified atom stereocenters. The lowest BCUT2D eigenvalue weighted by molar-refractivity contribution is 0.601. The van der Waals surface area contributed by atoms with Crippen LogP contribution in [0, 0.1) is 0 Å². The SMILES string of the molecule is O=S(=O)(Nc1cccc(-c2[nH]ncc2-c2nc3cc(-c4ccccc4)ccc3o2)c1)c1ccccc1. The smallest absolute Gasteiger partial charge is 0.261 e. The summed E-state index contributed by atoms with van der Waals surface area (Å²) in [5.74, 6) is 0.425. The van der Waals surface area contributed by atoms with Crippen LogP contribution in [0.2, 0.25) is 0 Å². The Hall–Kier alpha value is -4.69. The zero-order valence-corrected chi connectivity index (χ0v) is 19.7. The van der Waals surface area contributed by atoms with Gasteiger partial charge in [-0.3, -0.25) is 9.82 Å². The van der Waals surface area contributed by atoms with E-state index in [0.717, 1.165) is 22.2 Å². The summed E-state index contributed by atoms with van der Waals surface area (Å²) in [6.45, 7) is 0. The molecule has 0 bridgehead atoms. The number of hydrogen-bond donors (Lipinski definition) is 2. The Morgan fingerprint density at radius 3 is 2.31 bits per heavy atom. The molecule has 0 atom stereocenters. The minimum atomic E-state index is -3.71. The molecule has 0 radical (unpaired) electrons. The molecule has 2 heterocycles. The maximum absolute atomic E-state index is 12.8. The van der Waals surface area contributed by atoms with Gasteiger partial charge in [0, 0.05) is 11.3 Å². The number of aromatic nitrogens is 3. The zero-order valence-electron chi connectivity index (χ0n) is 18.9. The Kier molecular flexibility index (Phi) is 5.35. The predicted molar refractivity (Wildman–Crippen MR) is 140 cm³/mol. The number of anilines is 1. The van der Waals surface area contributed by atoms with Crippen LogP contribution in [0.5, 0.6) is 0 Å². The first-order chi connectivity index (χ1) is 17.6. The summed E-state index contributed by atoms with van der Waals surface area (Å²) >= 11 is 0. The second kappa shape index (κ2) is 8.83. The highest BCUT2D eigenvalue weighted by Crippen LogP contribution is 2.34. The van der Waals surface area contributed by atoms with Crippen molar-refractivity contribution in [2.24, 2.45) is 0 Å². The van der Waals surface area contributed by atoms with Crippen molar-refractivity contribution >= 4 is 26.8 Å². The predicted octanol–water partition coefficient (Wildman–Crippen LogP) is 6.35. The maximum atomic E-state index is 12.8. The quantitative estimate of drug-likeness (QED) is 0.282. The van der Waals surface area contributed by atoms with Crippen molar-refractivity contribution in [1.82, 2.24) is 15.2 Å². The third-order valence-corrected chi connectivity index (χ3v) is 7.22. The van der Waals surface area contributed by atoms with Crippen molar-refractivity contribution in [1.29, 1.82) is 0 Å². The van der Waals surface area contributed by atoms with Gasteiger partial charge in [-0.1, -0.05) is 66.7 Å². The maximum Gasteiger partial charge on any atom is 0.261 e. The first kappa shape index (κ1) is 21.8. The average Bonchev–Trinajstić information content (AvgIpc) is 3.56. The van der Waals surface area contributed by atoms with E-state index in [-0.39, 0.29) is 4.90 Å². The third kappa shape index (κ3) is 4.14. The molecule has 0 aliphatic rings. The van der Waals surface area contributed by atoms with Crippen molar-refractivity contribution in [3.63, 3.8) is 0 Å². The summed E-state index contributed by atoms with van der Waals surface area (Å²) in [4.78, 5) is 4.90. The summed E-state index contributed by atoms with van der Waals surface area (Å²) in [6, 6.07) is 31.3. The summed E-state index contributed by atoms with van der Waals surface area (Å²) in [5.41, 5.74) is 6.08. The monoisotopic (exact) mass is 492 g/mol. The van der Waals surface area contributed by atoms with Crippen molar-refractivity contribution in [3.8, 4) is 33.8 Å². The third-order valence-electron chi connectivity index (χ3n) is 5.82. The molecular formula is C28H20N4O3S. The number of rotatable bonds is 6. The van der Waals surface area contributed by atoms with Crippen LogP contribution in [0.3, 0.4) is 0 Å². The van der Waals surface area contributed by atoms with Crippen LogP contribution in [-0.4, -0.2) is 23.6 Å². The molecule has 0 spiro atoms. The second-order valence-electron chi connectivity index (χ2n) is 8.23. The van der Waals surface area contributed by atoms with E-state index in [9.17, 15) is 8.42 Å². The van der Waals surface area contributed by atoms with E-state index in [1.165, 1.54) is 0 Å². The van der Waals surface area contributed by atoms with Crippen LogP contribution in [-0.2, 0) is 10.0 Å². The molecule has 0 fully saturated rings. The van der Waals surface area contributed by atoms with E-state index in [1.807, 2.05) is 42.5 Å². The molecule has 2 N–H and O–H groups in total. The van der Waals surface area contributed by atoms with Gasteiger partial charge in [-0.25, -0.2) is 13.4 Å². The number of H-pyrrole nitrogens is 1. The fourth-order valence-corrected chi connectivity index (χ4v) is 5.14. The Labute approximate surface area is 207 Å². The molecular weight excluding hydrogens is 472 g/mol. The van der Waals surface area contributed by atoms with Crippen molar-refractivity contribution < 1.29 is 12.8 Å². The van der Waals surface area contributed by atoms with E-state index in [4.69, 9.17) is 9.40 Å². The van der Waals surface area contributed by atoms with Gasteiger partial charge >= 0.3 is 0 Å². The summed E-state index contributed by atoms with van der Waals surface area (Å²) in [7, 11) is -3.71. The fourth-order valence-electron chi connectivity index (χ4n) is 4.07. The summed E-state index contributed by atoms with van der Waals surface area (Å²) in [5, 5.41) is 7.20. The fraction of sp³-hybridized carbons (Fsp3) is 0. The van der Waals surface area contributed by atoms with E-state index < -0.39 is 10.0 Å². The van der Waals surface area contributed by atoms with Gasteiger partial charge in [0.1, 0.15) is 5.52 Å². The molecule has 0 aliphatic heterocycles. The number of hydrogen-bond acceptors (Lipinski definition) is 5. The van der Waals surface area contributed by atoms with Crippen LogP contribution in [0.4, 0.5) is 5.69 Å². The molecule has 6 rings (SSSR count). The lowest BCUT2D eigenvalue weighted by atomic mass is 10.1. The van der Waals surface area contributed by atoms with E-state index in [2.05, 4.69) is 27.1 Å². The Morgan fingerprint density at radius 1 is 0.750 bits per heavy atom. The van der Waals surface area contributed by atoms with Gasteiger partial charge in [0.25, 0.3) is 10.0 Å². The lowest BCUT2D eigenvalue weighted by Gasteiger charge is -2.09. The van der Waals surface area contributed by atoms with E-state index in [0.29, 0.717) is 28.4 Å². The topological polar surface area (TPSA) is 101 Å². The zero-order chi connectivity index (χ0) is 24.5. The van der Waals surface area contributed by atoms with E-state index >= 15 is 0 Å². The van der Waals surface area contributed by atoms with Gasteiger partial charge in [0.05, 0.1) is 22.3 Å². The molecule has 0 saturated heterocycles. The van der Waals surface area contributed by atoms with Crippen molar-refractivity contribution in [2.75, 3.05) is 4.72 Å². The highest BCUT2D eigenvalue weighted by Gasteiger charge is 2.18. The highest BCUT2D eigenvalue weighted by atomic mass is 32.2. The van der Waals surface area contributed by atoms with Crippen LogP contribution in [0.25, 0.3) is 44.9 Å². The van der Waals surface area contributed by atoms with Gasteiger partial charge in [-0.2, -0.15) is 5.10 Å².